The molecule has 16 heavy (non-hydrogen) atoms. The maximum Gasteiger partial charge on any atom is 0.132 e. The highest BCUT2D eigenvalue weighted by Gasteiger charge is 2.24. The molecule has 0 aromatic carbocycles. The van der Waals surface area contributed by atoms with Crippen LogP contribution in [0.25, 0.3) is 0 Å². The lowest BCUT2D eigenvalue weighted by atomic mass is 9.88. The predicted molar refractivity (Wildman–Crippen MR) is 72.0 cm³/mol. The molecule has 1 saturated heterocycles. The molecule has 0 saturated carbocycles. The van der Waals surface area contributed by atoms with E-state index in [0.29, 0.717) is 0 Å². The lowest BCUT2D eigenvalue weighted by Gasteiger charge is -2.36. The molecule has 0 amide bonds. The molecule has 2 nitrogen and oxygen atoms in total. The van der Waals surface area contributed by atoms with Gasteiger partial charge in [-0.2, -0.15) is 0 Å². The SMILES string of the molecule is CC1CCN(c2ncccc2CBr)CC1C. The van der Waals surface area contributed by atoms with E-state index >= 15 is 0 Å². The smallest absolute Gasteiger partial charge is 0.132 e. The summed E-state index contributed by atoms with van der Waals surface area (Å²) in [7, 11) is 0. The second-order valence-corrected chi connectivity index (χ2v) is 5.37. The fourth-order valence-corrected chi connectivity index (χ4v) is 2.71. The topological polar surface area (TPSA) is 16.1 Å². The van der Waals surface area contributed by atoms with Crippen molar-refractivity contribution >= 4 is 21.7 Å². The van der Waals surface area contributed by atoms with Crippen LogP contribution in [0, 0.1) is 11.8 Å². The summed E-state index contributed by atoms with van der Waals surface area (Å²) in [5.41, 5.74) is 1.30. The van der Waals surface area contributed by atoms with Gasteiger partial charge in [0, 0.05) is 30.2 Å². The van der Waals surface area contributed by atoms with Gasteiger partial charge in [0.2, 0.25) is 0 Å². The average molecular weight is 283 g/mol. The lowest BCUT2D eigenvalue weighted by molar-refractivity contribution is 0.322. The van der Waals surface area contributed by atoms with Crippen LogP contribution < -0.4 is 4.90 Å². The molecule has 0 N–H and O–H groups in total. The molecule has 2 atom stereocenters. The highest BCUT2D eigenvalue weighted by molar-refractivity contribution is 9.08. The van der Waals surface area contributed by atoms with Gasteiger partial charge in [0.15, 0.2) is 0 Å². The van der Waals surface area contributed by atoms with Crippen LogP contribution >= 0.6 is 15.9 Å². The molecule has 88 valence electrons. The van der Waals surface area contributed by atoms with Crippen LogP contribution in [0.5, 0.6) is 0 Å². The Morgan fingerprint density at radius 3 is 2.94 bits per heavy atom. The zero-order valence-corrected chi connectivity index (χ0v) is 11.6. The van der Waals surface area contributed by atoms with Gasteiger partial charge in [-0.1, -0.05) is 35.8 Å². The van der Waals surface area contributed by atoms with Gasteiger partial charge >= 0.3 is 0 Å². The van der Waals surface area contributed by atoms with E-state index in [9.17, 15) is 0 Å². The van der Waals surface area contributed by atoms with E-state index in [1.54, 1.807) is 0 Å². The molecule has 1 aliphatic heterocycles. The fraction of sp³-hybridized carbons (Fsp3) is 0.615. The van der Waals surface area contributed by atoms with Gasteiger partial charge in [-0.25, -0.2) is 4.98 Å². The number of halogens is 1. The third-order valence-electron chi connectivity index (χ3n) is 3.65. The monoisotopic (exact) mass is 282 g/mol. The van der Waals surface area contributed by atoms with Crippen molar-refractivity contribution in [1.82, 2.24) is 4.98 Å². The number of hydrogen-bond acceptors (Lipinski definition) is 2. The highest BCUT2D eigenvalue weighted by Crippen LogP contribution is 2.28. The predicted octanol–water partition coefficient (Wildman–Crippen LogP) is 3.46. The van der Waals surface area contributed by atoms with Crippen molar-refractivity contribution in [3.05, 3.63) is 23.9 Å². The number of alkyl halides is 1. The Bertz CT molecular complexity index is 354. The van der Waals surface area contributed by atoms with E-state index in [1.807, 2.05) is 12.3 Å². The van der Waals surface area contributed by atoms with Gasteiger partial charge < -0.3 is 4.90 Å². The van der Waals surface area contributed by atoms with Crippen LogP contribution in [0.2, 0.25) is 0 Å². The first-order valence-electron chi connectivity index (χ1n) is 5.97. The summed E-state index contributed by atoms with van der Waals surface area (Å²) in [6, 6.07) is 4.16. The summed E-state index contributed by atoms with van der Waals surface area (Å²) >= 11 is 3.54. The number of anilines is 1. The minimum atomic E-state index is 0.763. The molecular weight excluding hydrogens is 264 g/mol. The molecular formula is C13H19BrN2. The Balaban J connectivity index is 2.18. The Hall–Kier alpha value is -0.570. The zero-order valence-electron chi connectivity index (χ0n) is 9.99. The average Bonchev–Trinajstić information content (AvgIpc) is 2.32. The standard InChI is InChI=1S/C13H19BrN2/c1-10-5-7-16(9-11(10)2)13-12(8-14)4-3-6-15-13/h3-4,6,10-11H,5,7-9H2,1-2H3. The number of pyridine rings is 1. The van der Waals surface area contributed by atoms with Crippen molar-refractivity contribution in [1.29, 1.82) is 0 Å². The van der Waals surface area contributed by atoms with Crippen LogP contribution in [0.1, 0.15) is 25.8 Å². The molecule has 2 unspecified atom stereocenters. The Labute approximate surface area is 106 Å². The van der Waals surface area contributed by atoms with E-state index < -0.39 is 0 Å². The summed E-state index contributed by atoms with van der Waals surface area (Å²) in [6.07, 6.45) is 3.17. The van der Waals surface area contributed by atoms with E-state index in [0.717, 1.165) is 36.1 Å². The maximum absolute atomic E-state index is 4.53. The van der Waals surface area contributed by atoms with Crippen molar-refractivity contribution < 1.29 is 0 Å². The highest BCUT2D eigenvalue weighted by atomic mass is 79.9. The summed E-state index contributed by atoms with van der Waals surface area (Å²) in [4.78, 5) is 6.96. The van der Waals surface area contributed by atoms with Gasteiger partial charge in [0.1, 0.15) is 5.82 Å². The van der Waals surface area contributed by atoms with Crippen LogP contribution in [0.4, 0.5) is 5.82 Å². The number of nitrogens with zero attached hydrogens (tertiary/aromatic N) is 2. The third-order valence-corrected chi connectivity index (χ3v) is 4.25. The van der Waals surface area contributed by atoms with Crippen molar-refractivity contribution in [2.24, 2.45) is 11.8 Å². The van der Waals surface area contributed by atoms with Crippen molar-refractivity contribution in [3.8, 4) is 0 Å². The summed E-state index contributed by atoms with van der Waals surface area (Å²) < 4.78 is 0. The van der Waals surface area contributed by atoms with E-state index in [4.69, 9.17) is 0 Å². The van der Waals surface area contributed by atoms with Crippen molar-refractivity contribution in [2.45, 2.75) is 25.6 Å². The van der Waals surface area contributed by atoms with Crippen LogP contribution in [-0.2, 0) is 5.33 Å². The second-order valence-electron chi connectivity index (χ2n) is 4.81. The Morgan fingerprint density at radius 1 is 1.44 bits per heavy atom. The van der Waals surface area contributed by atoms with Crippen molar-refractivity contribution in [3.63, 3.8) is 0 Å². The fourth-order valence-electron chi connectivity index (χ4n) is 2.27. The quantitative estimate of drug-likeness (QED) is 0.773. The molecule has 1 fully saturated rings. The first kappa shape index (κ1) is 11.9. The first-order chi connectivity index (χ1) is 7.72. The molecule has 1 aromatic rings. The van der Waals surface area contributed by atoms with E-state index in [1.165, 1.54) is 12.0 Å². The molecule has 0 radical (unpaired) electrons. The Morgan fingerprint density at radius 2 is 2.25 bits per heavy atom. The molecule has 0 bridgehead atoms. The minimum Gasteiger partial charge on any atom is -0.356 e. The summed E-state index contributed by atoms with van der Waals surface area (Å²) in [5, 5.41) is 0.886. The molecule has 0 spiro atoms. The summed E-state index contributed by atoms with van der Waals surface area (Å²) in [5.74, 6) is 2.77. The maximum atomic E-state index is 4.53. The molecule has 2 heterocycles. The zero-order chi connectivity index (χ0) is 11.5. The number of hydrogen-bond donors (Lipinski definition) is 0. The molecule has 1 aliphatic rings. The number of piperidine rings is 1. The van der Waals surface area contributed by atoms with E-state index in [-0.39, 0.29) is 0 Å². The summed E-state index contributed by atoms with van der Waals surface area (Å²) in [6.45, 7) is 6.97. The van der Waals surface area contributed by atoms with E-state index in [2.05, 4.69) is 45.7 Å². The third kappa shape index (κ3) is 2.40. The van der Waals surface area contributed by atoms with Gasteiger partial charge in [-0.3, -0.25) is 0 Å². The normalized spacial score (nSPS) is 25.8. The Kier molecular flexibility index (Phi) is 3.85. The largest absolute Gasteiger partial charge is 0.356 e. The molecule has 2 rings (SSSR count). The van der Waals surface area contributed by atoms with Crippen molar-refractivity contribution in [2.75, 3.05) is 18.0 Å². The lowest BCUT2D eigenvalue weighted by Crippen LogP contribution is -2.39. The number of rotatable bonds is 2. The number of aromatic nitrogens is 1. The van der Waals surface area contributed by atoms with Crippen LogP contribution in [0.3, 0.4) is 0 Å². The van der Waals surface area contributed by atoms with Gasteiger partial charge in [0.25, 0.3) is 0 Å². The van der Waals surface area contributed by atoms with Gasteiger partial charge in [-0.05, 0) is 24.3 Å². The second kappa shape index (κ2) is 5.17. The molecule has 0 aliphatic carbocycles. The minimum absolute atomic E-state index is 0.763. The van der Waals surface area contributed by atoms with Crippen LogP contribution in [-0.4, -0.2) is 18.1 Å². The van der Waals surface area contributed by atoms with Crippen LogP contribution in [0.15, 0.2) is 18.3 Å². The molecule has 1 aromatic heterocycles. The van der Waals surface area contributed by atoms with Gasteiger partial charge in [0.05, 0.1) is 0 Å². The van der Waals surface area contributed by atoms with Gasteiger partial charge in [-0.15, -0.1) is 0 Å². The molecule has 3 heteroatoms. The first-order valence-corrected chi connectivity index (χ1v) is 7.09.